The van der Waals surface area contributed by atoms with E-state index in [1.807, 2.05) is 85.5 Å². The predicted octanol–water partition coefficient (Wildman–Crippen LogP) is 5.74. The number of carbonyl (C=O) groups excluding carboxylic acids is 1. The molecule has 0 atom stereocenters. The lowest BCUT2D eigenvalue weighted by molar-refractivity contribution is 0.0996. The molecule has 1 aliphatic rings. The van der Waals surface area contributed by atoms with Crippen molar-refractivity contribution in [2.45, 2.75) is 20.4 Å². The third kappa shape index (κ3) is 4.03. The zero-order valence-electron chi connectivity index (χ0n) is 18.0. The number of rotatable bonds is 5. The Balaban J connectivity index is 1.36. The molecule has 1 aliphatic heterocycles. The number of hydrogen-bond acceptors (Lipinski definition) is 5. The molecular formula is C26H23N5O. The molecule has 158 valence electrons. The van der Waals surface area contributed by atoms with E-state index in [1.54, 1.807) is 12.4 Å². The number of amides is 1. The summed E-state index contributed by atoms with van der Waals surface area (Å²) in [5.74, 6) is 0.0169. The van der Waals surface area contributed by atoms with E-state index in [2.05, 4.69) is 20.6 Å². The molecule has 3 heterocycles. The first-order valence-corrected chi connectivity index (χ1v) is 10.5. The van der Waals surface area contributed by atoms with Crippen LogP contribution in [0.3, 0.4) is 0 Å². The Kier molecular flexibility index (Phi) is 5.03. The number of pyridine rings is 2. The van der Waals surface area contributed by atoms with Crippen LogP contribution < -0.4 is 15.5 Å². The average molecular weight is 422 g/mol. The normalized spacial score (nSPS) is 12.6. The molecule has 32 heavy (non-hydrogen) atoms. The molecule has 2 aromatic carbocycles. The predicted molar refractivity (Wildman–Crippen MR) is 128 cm³/mol. The third-order valence-electron chi connectivity index (χ3n) is 5.44. The van der Waals surface area contributed by atoms with Gasteiger partial charge in [-0.15, -0.1) is 0 Å². The van der Waals surface area contributed by atoms with Crippen LogP contribution in [0, 0.1) is 13.8 Å². The summed E-state index contributed by atoms with van der Waals surface area (Å²) in [6, 6.07) is 21.6. The number of benzene rings is 2. The monoisotopic (exact) mass is 421 g/mol. The number of aromatic nitrogens is 2. The molecule has 0 radical (unpaired) electrons. The van der Waals surface area contributed by atoms with Crippen molar-refractivity contribution in [2.75, 3.05) is 15.5 Å². The average Bonchev–Trinajstić information content (AvgIpc) is 3.10. The highest BCUT2D eigenvalue weighted by Crippen LogP contribution is 2.32. The standard InChI is InChI=1S/C26H23N5O/c1-17-12-22(8-10-27-17)29-20-4-3-5-24(15-20)31-16-19-14-21(6-7-25(19)26(31)32)30-23-9-11-28-18(2)13-23/h3-15H,16H2,1-2H3,(H,27,29)(H,28,30). The second kappa shape index (κ2) is 8.15. The number of nitrogens with one attached hydrogen (secondary N) is 2. The largest absolute Gasteiger partial charge is 0.355 e. The van der Waals surface area contributed by atoms with Crippen molar-refractivity contribution in [1.82, 2.24) is 9.97 Å². The summed E-state index contributed by atoms with van der Waals surface area (Å²) < 4.78 is 0. The van der Waals surface area contributed by atoms with Crippen LogP contribution in [0.1, 0.15) is 27.3 Å². The smallest absolute Gasteiger partial charge is 0.258 e. The van der Waals surface area contributed by atoms with Crippen LogP contribution >= 0.6 is 0 Å². The lowest BCUT2D eigenvalue weighted by atomic mass is 10.1. The first kappa shape index (κ1) is 19.8. The van der Waals surface area contributed by atoms with E-state index >= 15 is 0 Å². The molecule has 0 aliphatic carbocycles. The van der Waals surface area contributed by atoms with E-state index in [0.717, 1.165) is 51.0 Å². The Labute approximate surface area is 187 Å². The van der Waals surface area contributed by atoms with Gasteiger partial charge in [-0.05, 0) is 80.1 Å². The maximum atomic E-state index is 13.1. The molecule has 0 saturated heterocycles. The van der Waals surface area contributed by atoms with Crippen LogP contribution in [0.25, 0.3) is 0 Å². The first-order valence-electron chi connectivity index (χ1n) is 10.5. The highest BCUT2D eigenvalue weighted by atomic mass is 16.2. The SMILES string of the molecule is Cc1cc(Nc2cccc(N3Cc4cc(Nc5ccnc(C)c5)ccc4C3=O)c2)ccn1. The minimum Gasteiger partial charge on any atom is -0.355 e. The maximum absolute atomic E-state index is 13.1. The fraction of sp³-hybridized carbons (Fsp3) is 0.115. The molecule has 2 N–H and O–H groups in total. The summed E-state index contributed by atoms with van der Waals surface area (Å²) in [7, 11) is 0. The molecule has 6 heteroatoms. The number of carbonyl (C=O) groups is 1. The van der Waals surface area contributed by atoms with Crippen molar-refractivity contribution in [3.63, 3.8) is 0 Å². The van der Waals surface area contributed by atoms with E-state index in [1.165, 1.54) is 0 Å². The van der Waals surface area contributed by atoms with Gasteiger partial charge >= 0.3 is 0 Å². The van der Waals surface area contributed by atoms with Crippen LogP contribution in [0.4, 0.5) is 28.4 Å². The maximum Gasteiger partial charge on any atom is 0.258 e. The van der Waals surface area contributed by atoms with Gasteiger partial charge in [-0.25, -0.2) is 0 Å². The highest BCUT2D eigenvalue weighted by Gasteiger charge is 2.28. The van der Waals surface area contributed by atoms with E-state index < -0.39 is 0 Å². The summed E-state index contributed by atoms with van der Waals surface area (Å²) in [5, 5.41) is 6.79. The number of hydrogen-bond donors (Lipinski definition) is 2. The minimum absolute atomic E-state index is 0.0169. The number of aryl methyl sites for hydroxylation is 2. The van der Waals surface area contributed by atoms with E-state index in [-0.39, 0.29) is 5.91 Å². The van der Waals surface area contributed by atoms with Crippen molar-refractivity contribution in [2.24, 2.45) is 0 Å². The molecule has 1 amide bonds. The van der Waals surface area contributed by atoms with Gasteiger partial charge in [-0.2, -0.15) is 0 Å². The van der Waals surface area contributed by atoms with Gasteiger partial charge in [-0.1, -0.05) is 6.07 Å². The van der Waals surface area contributed by atoms with Gasteiger partial charge in [0.2, 0.25) is 0 Å². The van der Waals surface area contributed by atoms with Gasteiger partial charge in [0.05, 0.1) is 6.54 Å². The van der Waals surface area contributed by atoms with Gasteiger partial charge in [0.15, 0.2) is 0 Å². The van der Waals surface area contributed by atoms with Crippen molar-refractivity contribution in [3.05, 3.63) is 102 Å². The van der Waals surface area contributed by atoms with Gasteiger partial charge in [0.1, 0.15) is 0 Å². The van der Waals surface area contributed by atoms with E-state index in [9.17, 15) is 4.79 Å². The minimum atomic E-state index is 0.0169. The molecule has 5 rings (SSSR count). The summed E-state index contributed by atoms with van der Waals surface area (Å²) in [5.41, 5.74) is 8.33. The molecule has 0 saturated carbocycles. The van der Waals surface area contributed by atoms with E-state index in [0.29, 0.717) is 6.54 Å². The summed E-state index contributed by atoms with van der Waals surface area (Å²) in [4.78, 5) is 23.4. The molecule has 4 aromatic rings. The molecule has 2 aromatic heterocycles. The number of anilines is 5. The van der Waals surface area contributed by atoms with Gasteiger partial charge in [-0.3, -0.25) is 14.8 Å². The van der Waals surface area contributed by atoms with Crippen molar-refractivity contribution < 1.29 is 4.79 Å². The Morgan fingerprint density at radius 1 is 0.750 bits per heavy atom. The van der Waals surface area contributed by atoms with Gasteiger partial charge in [0.25, 0.3) is 5.91 Å². The van der Waals surface area contributed by atoms with Crippen molar-refractivity contribution in [3.8, 4) is 0 Å². The zero-order chi connectivity index (χ0) is 22.1. The molecule has 6 nitrogen and oxygen atoms in total. The highest BCUT2D eigenvalue weighted by molar-refractivity contribution is 6.10. The first-order chi connectivity index (χ1) is 15.5. The van der Waals surface area contributed by atoms with Crippen molar-refractivity contribution in [1.29, 1.82) is 0 Å². The Hall–Kier alpha value is -4.19. The van der Waals surface area contributed by atoms with Crippen LogP contribution in [0.15, 0.2) is 79.1 Å². The van der Waals surface area contributed by atoms with Gasteiger partial charge < -0.3 is 15.5 Å². The Morgan fingerprint density at radius 2 is 1.38 bits per heavy atom. The van der Waals surface area contributed by atoms with E-state index in [4.69, 9.17) is 0 Å². The van der Waals surface area contributed by atoms with Crippen LogP contribution in [0.2, 0.25) is 0 Å². The lowest BCUT2D eigenvalue weighted by Gasteiger charge is -2.17. The summed E-state index contributed by atoms with van der Waals surface area (Å²) in [6.07, 6.45) is 3.56. The van der Waals surface area contributed by atoms with Crippen LogP contribution in [0.5, 0.6) is 0 Å². The summed E-state index contributed by atoms with van der Waals surface area (Å²) in [6.45, 7) is 4.46. The Bertz CT molecular complexity index is 1320. The number of nitrogens with zero attached hydrogens (tertiary/aromatic N) is 3. The number of fused-ring (bicyclic) bond motifs is 1. The topological polar surface area (TPSA) is 70.2 Å². The quantitative estimate of drug-likeness (QED) is 0.430. The molecular weight excluding hydrogens is 398 g/mol. The van der Waals surface area contributed by atoms with Crippen molar-refractivity contribution >= 4 is 34.3 Å². The fourth-order valence-electron chi connectivity index (χ4n) is 3.94. The van der Waals surface area contributed by atoms with Crippen LogP contribution in [-0.4, -0.2) is 15.9 Å². The lowest BCUT2D eigenvalue weighted by Crippen LogP contribution is -2.22. The van der Waals surface area contributed by atoms with Crippen LogP contribution in [-0.2, 0) is 6.54 Å². The molecule has 0 fully saturated rings. The molecule has 0 unspecified atom stereocenters. The molecule has 0 bridgehead atoms. The summed E-state index contributed by atoms with van der Waals surface area (Å²) >= 11 is 0. The Morgan fingerprint density at radius 3 is 2.03 bits per heavy atom. The van der Waals surface area contributed by atoms with Gasteiger partial charge in [0, 0.05) is 57.8 Å². The zero-order valence-corrected chi connectivity index (χ0v) is 18.0. The second-order valence-electron chi connectivity index (χ2n) is 7.94. The fourth-order valence-corrected chi connectivity index (χ4v) is 3.94. The third-order valence-corrected chi connectivity index (χ3v) is 5.44. The second-order valence-corrected chi connectivity index (χ2v) is 7.94. The molecule has 0 spiro atoms.